The van der Waals surface area contributed by atoms with Crippen LogP contribution in [0.4, 0.5) is 0 Å². The van der Waals surface area contributed by atoms with Crippen LogP contribution >= 0.6 is 0 Å². The van der Waals surface area contributed by atoms with Crippen molar-refractivity contribution in [2.75, 3.05) is 26.7 Å². The third kappa shape index (κ3) is 6.42. The highest BCUT2D eigenvalue weighted by atomic mass is 16.5. The van der Waals surface area contributed by atoms with E-state index in [1.807, 2.05) is 24.3 Å². The fourth-order valence-electron chi connectivity index (χ4n) is 1.48. The molecule has 0 aromatic heterocycles. The van der Waals surface area contributed by atoms with Gasteiger partial charge in [0.1, 0.15) is 5.75 Å². The molecule has 1 amide bonds. The van der Waals surface area contributed by atoms with Crippen LogP contribution in [0.3, 0.4) is 0 Å². The van der Waals surface area contributed by atoms with Crippen molar-refractivity contribution in [1.29, 1.82) is 0 Å². The highest BCUT2D eigenvalue weighted by molar-refractivity contribution is 5.78. The number of carbonyl (C=O) groups excluding carboxylic acids is 1. The smallest absolute Gasteiger partial charge is 0.317 e. The number of methoxy groups -OCH3 is 1. The van der Waals surface area contributed by atoms with Crippen LogP contribution < -0.4 is 15.4 Å². The topological polar surface area (TPSA) is 87.7 Å². The Balaban J connectivity index is 2.18. The molecule has 0 bridgehead atoms. The van der Waals surface area contributed by atoms with Crippen LogP contribution in [-0.2, 0) is 16.0 Å². The number of carboxylic acid groups (broad SMARTS) is 1. The van der Waals surface area contributed by atoms with Gasteiger partial charge < -0.3 is 15.2 Å². The van der Waals surface area contributed by atoms with Gasteiger partial charge in [-0.05, 0) is 24.1 Å². The largest absolute Gasteiger partial charge is 0.497 e. The lowest BCUT2D eigenvalue weighted by molar-refractivity contribution is -0.136. The Morgan fingerprint density at radius 3 is 2.47 bits per heavy atom. The molecule has 0 aliphatic rings. The molecule has 0 heterocycles. The van der Waals surface area contributed by atoms with Gasteiger partial charge in [0, 0.05) is 6.54 Å². The lowest BCUT2D eigenvalue weighted by Crippen LogP contribution is -2.36. The number of hydrogen-bond donors (Lipinski definition) is 3. The number of amides is 1. The molecule has 0 aliphatic heterocycles. The van der Waals surface area contributed by atoms with E-state index in [0.29, 0.717) is 13.0 Å². The molecule has 0 spiro atoms. The van der Waals surface area contributed by atoms with Crippen molar-refractivity contribution in [2.45, 2.75) is 6.42 Å². The highest BCUT2D eigenvalue weighted by Crippen LogP contribution is 2.11. The normalized spacial score (nSPS) is 9.95. The summed E-state index contributed by atoms with van der Waals surface area (Å²) in [6.45, 7) is 0.306. The van der Waals surface area contributed by atoms with Crippen LogP contribution in [0.15, 0.2) is 24.3 Å². The molecule has 1 aromatic rings. The lowest BCUT2D eigenvalue weighted by Gasteiger charge is -2.06. The van der Waals surface area contributed by atoms with Gasteiger partial charge in [0.05, 0.1) is 20.2 Å². The first-order valence-electron chi connectivity index (χ1n) is 5.94. The van der Waals surface area contributed by atoms with Crippen LogP contribution in [0.2, 0.25) is 0 Å². The molecule has 1 aromatic carbocycles. The Morgan fingerprint density at radius 2 is 1.89 bits per heavy atom. The van der Waals surface area contributed by atoms with Crippen LogP contribution in [0, 0.1) is 0 Å². The monoisotopic (exact) mass is 266 g/mol. The van der Waals surface area contributed by atoms with Crippen molar-refractivity contribution < 1.29 is 19.4 Å². The second-order valence-corrected chi connectivity index (χ2v) is 3.95. The average molecular weight is 266 g/mol. The summed E-state index contributed by atoms with van der Waals surface area (Å²) < 4.78 is 5.05. The van der Waals surface area contributed by atoms with Crippen molar-refractivity contribution in [3.8, 4) is 5.75 Å². The summed E-state index contributed by atoms with van der Waals surface area (Å²) in [4.78, 5) is 21.6. The summed E-state index contributed by atoms with van der Waals surface area (Å²) >= 11 is 0. The van der Waals surface area contributed by atoms with E-state index in [0.717, 1.165) is 11.3 Å². The number of carbonyl (C=O) groups is 2. The van der Waals surface area contributed by atoms with E-state index < -0.39 is 5.97 Å². The Hall–Kier alpha value is -2.08. The van der Waals surface area contributed by atoms with Crippen molar-refractivity contribution in [1.82, 2.24) is 10.6 Å². The van der Waals surface area contributed by atoms with Gasteiger partial charge in [-0.3, -0.25) is 14.9 Å². The molecule has 0 aliphatic carbocycles. The van der Waals surface area contributed by atoms with Gasteiger partial charge in [-0.1, -0.05) is 12.1 Å². The quantitative estimate of drug-likeness (QED) is 0.618. The van der Waals surface area contributed by atoms with E-state index >= 15 is 0 Å². The third-order valence-corrected chi connectivity index (χ3v) is 2.46. The van der Waals surface area contributed by atoms with E-state index in [1.54, 1.807) is 7.11 Å². The molecule has 0 fully saturated rings. The van der Waals surface area contributed by atoms with Crippen molar-refractivity contribution in [3.05, 3.63) is 29.8 Å². The fourth-order valence-corrected chi connectivity index (χ4v) is 1.48. The SMILES string of the molecule is COc1ccc(CCNC(=O)CNCC(=O)O)cc1. The summed E-state index contributed by atoms with van der Waals surface area (Å²) in [5.41, 5.74) is 1.10. The number of ether oxygens (including phenoxy) is 1. The van der Waals surface area contributed by atoms with Crippen LogP contribution in [0.1, 0.15) is 5.56 Å². The maximum absolute atomic E-state index is 11.3. The Labute approximate surface area is 111 Å². The first-order chi connectivity index (χ1) is 9.11. The molecular formula is C13H18N2O4. The standard InChI is InChI=1S/C13H18N2O4/c1-19-11-4-2-10(3-5-11)6-7-15-12(16)8-14-9-13(17)18/h2-5,14H,6-9H2,1H3,(H,15,16)(H,17,18). The lowest BCUT2D eigenvalue weighted by atomic mass is 10.1. The summed E-state index contributed by atoms with van der Waals surface area (Å²) in [5.74, 6) is -0.397. The summed E-state index contributed by atoms with van der Waals surface area (Å²) in [6, 6.07) is 7.61. The Bertz CT molecular complexity index is 417. The van der Waals surface area contributed by atoms with Gasteiger partial charge in [-0.15, -0.1) is 0 Å². The zero-order valence-corrected chi connectivity index (χ0v) is 10.8. The van der Waals surface area contributed by atoms with E-state index in [4.69, 9.17) is 9.84 Å². The predicted molar refractivity (Wildman–Crippen MR) is 70.2 cm³/mol. The molecular weight excluding hydrogens is 248 g/mol. The van der Waals surface area contributed by atoms with Gasteiger partial charge in [-0.25, -0.2) is 0 Å². The van der Waals surface area contributed by atoms with E-state index in [9.17, 15) is 9.59 Å². The Kier molecular flexibility index (Phi) is 6.38. The number of benzene rings is 1. The zero-order valence-electron chi connectivity index (χ0n) is 10.8. The second kappa shape index (κ2) is 8.10. The highest BCUT2D eigenvalue weighted by Gasteiger charge is 2.02. The van der Waals surface area contributed by atoms with Crippen molar-refractivity contribution >= 4 is 11.9 Å². The number of rotatable bonds is 8. The molecule has 0 radical (unpaired) electrons. The van der Waals surface area contributed by atoms with Gasteiger partial charge in [0.2, 0.25) is 5.91 Å². The zero-order chi connectivity index (χ0) is 14.1. The molecule has 19 heavy (non-hydrogen) atoms. The van der Waals surface area contributed by atoms with Crippen molar-refractivity contribution in [3.63, 3.8) is 0 Å². The molecule has 0 unspecified atom stereocenters. The minimum atomic E-state index is -0.981. The Morgan fingerprint density at radius 1 is 1.21 bits per heavy atom. The molecule has 6 heteroatoms. The van der Waals surface area contributed by atoms with Gasteiger partial charge in [-0.2, -0.15) is 0 Å². The molecule has 0 saturated carbocycles. The van der Waals surface area contributed by atoms with Crippen LogP contribution in [-0.4, -0.2) is 43.7 Å². The number of hydrogen-bond acceptors (Lipinski definition) is 4. The first-order valence-corrected chi connectivity index (χ1v) is 5.94. The average Bonchev–Trinajstić information content (AvgIpc) is 2.39. The van der Waals surface area contributed by atoms with Gasteiger partial charge in [0.25, 0.3) is 0 Å². The number of carboxylic acids is 1. The van der Waals surface area contributed by atoms with Crippen LogP contribution in [0.5, 0.6) is 5.75 Å². The molecule has 3 N–H and O–H groups in total. The van der Waals surface area contributed by atoms with E-state index in [2.05, 4.69) is 10.6 Å². The number of aliphatic carboxylic acids is 1. The van der Waals surface area contributed by atoms with Gasteiger partial charge in [0.15, 0.2) is 0 Å². The fraction of sp³-hybridized carbons (Fsp3) is 0.385. The molecule has 6 nitrogen and oxygen atoms in total. The van der Waals surface area contributed by atoms with E-state index in [-0.39, 0.29) is 19.0 Å². The summed E-state index contributed by atoms with van der Waals surface area (Å²) in [7, 11) is 1.61. The minimum Gasteiger partial charge on any atom is -0.497 e. The van der Waals surface area contributed by atoms with Crippen molar-refractivity contribution in [2.24, 2.45) is 0 Å². The van der Waals surface area contributed by atoms with Crippen LogP contribution in [0.25, 0.3) is 0 Å². The summed E-state index contributed by atoms with van der Waals surface area (Å²) in [6.07, 6.45) is 0.717. The predicted octanol–water partition coefficient (Wildman–Crippen LogP) is 0.0281. The number of nitrogens with one attached hydrogen (secondary N) is 2. The maximum atomic E-state index is 11.3. The van der Waals surface area contributed by atoms with E-state index in [1.165, 1.54) is 0 Å². The first kappa shape index (κ1) is 15.0. The second-order valence-electron chi connectivity index (χ2n) is 3.95. The third-order valence-electron chi connectivity index (χ3n) is 2.46. The minimum absolute atomic E-state index is 0.00884. The molecule has 0 saturated heterocycles. The molecule has 0 atom stereocenters. The molecule has 1 rings (SSSR count). The maximum Gasteiger partial charge on any atom is 0.317 e. The molecule has 104 valence electrons. The summed E-state index contributed by atoms with van der Waals surface area (Å²) in [5, 5.41) is 13.6. The van der Waals surface area contributed by atoms with Gasteiger partial charge >= 0.3 is 5.97 Å².